The Labute approximate surface area is 175 Å². The van der Waals surface area contributed by atoms with Crippen LogP contribution < -0.4 is 5.73 Å². The molecule has 7 heteroatoms. The van der Waals surface area contributed by atoms with E-state index in [9.17, 15) is 9.18 Å². The van der Waals surface area contributed by atoms with Gasteiger partial charge >= 0.3 is 6.09 Å². The van der Waals surface area contributed by atoms with Crippen LogP contribution in [0.2, 0.25) is 0 Å². The normalized spacial score (nSPS) is 15.5. The number of aromatic nitrogens is 2. The average Bonchev–Trinajstić information content (AvgIpc) is 3.13. The number of aromatic amines is 1. The third-order valence-corrected chi connectivity index (χ3v) is 5.42. The number of anilines is 1. The summed E-state index contributed by atoms with van der Waals surface area (Å²) in [5, 5.41) is 0.867. The number of nitrogens with one attached hydrogen (secondary N) is 1. The van der Waals surface area contributed by atoms with Gasteiger partial charge in [0.05, 0.1) is 0 Å². The molecule has 0 spiro atoms. The first kappa shape index (κ1) is 20.2. The first-order valence-corrected chi connectivity index (χ1v) is 10.2. The molecular formula is C23H27FN4O2. The molecule has 1 aromatic carbocycles. The average molecular weight is 410 g/mol. The lowest BCUT2D eigenvalue weighted by Gasteiger charge is -2.33. The topological polar surface area (TPSA) is 84.2 Å². The lowest BCUT2D eigenvalue weighted by atomic mass is 9.93. The van der Waals surface area contributed by atoms with Crippen LogP contribution in [0.25, 0.3) is 22.2 Å². The Morgan fingerprint density at radius 2 is 1.93 bits per heavy atom. The van der Waals surface area contributed by atoms with Crippen LogP contribution in [0.5, 0.6) is 0 Å². The summed E-state index contributed by atoms with van der Waals surface area (Å²) in [6.45, 7) is 6.89. The molecule has 0 radical (unpaired) electrons. The number of hydrogen-bond donors (Lipinski definition) is 2. The number of ether oxygens (including phenoxy) is 1. The first-order chi connectivity index (χ1) is 14.2. The Morgan fingerprint density at radius 3 is 2.63 bits per heavy atom. The number of hydrogen-bond acceptors (Lipinski definition) is 4. The van der Waals surface area contributed by atoms with Crippen molar-refractivity contribution >= 4 is 22.8 Å². The third-order valence-electron chi connectivity index (χ3n) is 5.42. The zero-order valence-corrected chi connectivity index (χ0v) is 17.5. The molecule has 1 amide bonds. The van der Waals surface area contributed by atoms with Crippen molar-refractivity contribution in [2.45, 2.75) is 45.1 Å². The highest BCUT2D eigenvalue weighted by Gasteiger charge is 2.28. The maximum atomic E-state index is 14.4. The number of likely N-dealkylation sites (tertiary alicyclic amines) is 1. The molecule has 1 fully saturated rings. The number of fused-ring (bicyclic) bond motifs is 1. The van der Waals surface area contributed by atoms with E-state index in [1.807, 2.05) is 32.9 Å². The third kappa shape index (κ3) is 4.10. The molecule has 0 aliphatic carbocycles. The van der Waals surface area contributed by atoms with Gasteiger partial charge in [0.25, 0.3) is 0 Å². The van der Waals surface area contributed by atoms with Gasteiger partial charge in [0.15, 0.2) is 0 Å². The number of benzene rings is 1. The number of piperidine rings is 1. The highest BCUT2D eigenvalue weighted by atomic mass is 19.1. The fraction of sp³-hybridized carbons (Fsp3) is 0.391. The molecule has 1 saturated heterocycles. The van der Waals surface area contributed by atoms with Gasteiger partial charge in [-0.1, -0.05) is 0 Å². The number of H-pyrrole nitrogens is 1. The van der Waals surface area contributed by atoms with Crippen molar-refractivity contribution in [2.75, 3.05) is 18.8 Å². The van der Waals surface area contributed by atoms with E-state index < -0.39 is 5.60 Å². The van der Waals surface area contributed by atoms with Crippen LogP contribution >= 0.6 is 0 Å². The zero-order chi connectivity index (χ0) is 21.5. The van der Waals surface area contributed by atoms with Crippen molar-refractivity contribution in [3.8, 4) is 11.1 Å². The number of pyridine rings is 1. The lowest BCUT2D eigenvalue weighted by molar-refractivity contribution is 0.0204. The SMILES string of the molecule is CC(C)(C)OC(=O)N1CCC(c2cc3c(-c4cc(N)ccc4F)ccnc3[nH]2)CC1. The lowest BCUT2D eigenvalue weighted by Crippen LogP contribution is -2.41. The molecule has 3 N–H and O–H groups in total. The van der Waals surface area contributed by atoms with E-state index in [1.165, 1.54) is 6.07 Å². The van der Waals surface area contributed by atoms with E-state index in [1.54, 1.807) is 23.2 Å². The number of nitrogens with two attached hydrogens (primary N) is 1. The van der Waals surface area contributed by atoms with Crippen molar-refractivity contribution in [3.63, 3.8) is 0 Å². The summed E-state index contributed by atoms with van der Waals surface area (Å²) in [4.78, 5) is 21.9. The molecule has 30 heavy (non-hydrogen) atoms. The standard InChI is InChI=1S/C23H27FN4O2/c1-23(2,3)30-22(29)28-10-7-14(8-11-28)20-13-18-16(6-9-26-21(18)27-20)17-12-15(25)4-5-19(17)24/h4-6,9,12-14H,7-8,10-11,25H2,1-3H3,(H,26,27). The summed E-state index contributed by atoms with van der Waals surface area (Å²) in [5.74, 6) is -0.0402. The van der Waals surface area contributed by atoms with Crippen molar-refractivity contribution in [1.82, 2.24) is 14.9 Å². The van der Waals surface area contributed by atoms with Crippen LogP contribution in [0.1, 0.15) is 45.2 Å². The van der Waals surface area contributed by atoms with Gasteiger partial charge in [0.1, 0.15) is 17.1 Å². The molecule has 0 bridgehead atoms. The first-order valence-electron chi connectivity index (χ1n) is 10.2. The highest BCUT2D eigenvalue weighted by Crippen LogP contribution is 2.35. The monoisotopic (exact) mass is 410 g/mol. The Morgan fingerprint density at radius 1 is 1.20 bits per heavy atom. The molecule has 1 aliphatic heterocycles. The van der Waals surface area contributed by atoms with Crippen molar-refractivity contribution < 1.29 is 13.9 Å². The van der Waals surface area contributed by atoms with Crippen LogP contribution in [0.4, 0.5) is 14.9 Å². The van der Waals surface area contributed by atoms with Gasteiger partial charge in [-0.3, -0.25) is 0 Å². The molecule has 158 valence electrons. The number of nitrogens with zero attached hydrogens (tertiary/aromatic N) is 2. The number of carbonyl (C=O) groups is 1. The molecule has 0 saturated carbocycles. The molecule has 4 rings (SSSR count). The quantitative estimate of drug-likeness (QED) is 0.578. The minimum absolute atomic E-state index is 0.265. The number of carbonyl (C=O) groups excluding carboxylic acids is 1. The minimum atomic E-state index is -0.497. The largest absolute Gasteiger partial charge is 0.444 e. The second-order valence-electron chi connectivity index (χ2n) is 8.83. The van der Waals surface area contributed by atoms with Gasteiger partial charge in [0.2, 0.25) is 0 Å². The highest BCUT2D eigenvalue weighted by molar-refractivity contribution is 5.94. The second-order valence-corrected chi connectivity index (χ2v) is 8.83. The molecular weight excluding hydrogens is 383 g/mol. The van der Waals surface area contributed by atoms with Gasteiger partial charge in [-0.25, -0.2) is 14.2 Å². The smallest absolute Gasteiger partial charge is 0.410 e. The number of rotatable bonds is 2. The minimum Gasteiger partial charge on any atom is -0.444 e. The second kappa shape index (κ2) is 7.63. The summed E-state index contributed by atoms with van der Waals surface area (Å²) in [6.07, 6.45) is 3.06. The molecule has 6 nitrogen and oxygen atoms in total. The van der Waals surface area contributed by atoms with Crippen LogP contribution in [0.3, 0.4) is 0 Å². The zero-order valence-electron chi connectivity index (χ0n) is 17.5. The Kier molecular flexibility index (Phi) is 5.13. The molecule has 1 aliphatic rings. The number of nitrogen functional groups attached to an aromatic ring is 1. The van der Waals surface area contributed by atoms with E-state index in [0.29, 0.717) is 24.3 Å². The fourth-order valence-corrected chi connectivity index (χ4v) is 3.95. The van der Waals surface area contributed by atoms with Gasteiger partial charge in [-0.05, 0) is 69.5 Å². The molecule has 2 aromatic heterocycles. The Hall–Kier alpha value is -3.09. The number of halogens is 1. The van der Waals surface area contributed by atoms with Crippen LogP contribution in [0.15, 0.2) is 36.5 Å². The van der Waals surface area contributed by atoms with E-state index in [4.69, 9.17) is 10.5 Å². The van der Waals surface area contributed by atoms with Crippen LogP contribution in [-0.4, -0.2) is 39.7 Å². The van der Waals surface area contributed by atoms with Crippen LogP contribution in [0, 0.1) is 5.82 Å². The summed E-state index contributed by atoms with van der Waals surface area (Å²) in [6, 6.07) is 8.45. The predicted octanol–water partition coefficient (Wildman–Crippen LogP) is 5.07. The molecule has 3 heterocycles. The Balaban J connectivity index is 1.56. The van der Waals surface area contributed by atoms with Gasteiger partial charge in [0, 0.05) is 47.5 Å². The van der Waals surface area contributed by atoms with E-state index in [-0.39, 0.29) is 17.8 Å². The van der Waals surface area contributed by atoms with Crippen LogP contribution in [-0.2, 0) is 4.74 Å². The summed E-state index contributed by atoms with van der Waals surface area (Å²) < 4.78 is 19.9. The summed E-state index contributed by atoms with van der Waals surface area (Å²) in [5.41, 5.74) is 8.90. The fourth-order valence-electron chi connectivity index (χ4n) is 3.95. The van der Waals surface area contributed by atoms with E-state index >= 15 is 0 Å². The predicted molar refractivity (Wildman–Crippen MR) is 116 cm³/mol. The van der Waals surface area contributed by atoms with Crippen molar-refractivity contribution in [2.24, 2.45) is 0 Å². The molecule has 0 unspecified atom stereocenters. The Bertz CT molecular complexity index is 1080. The summed E-state index contributed by atoms with van der Waals surface area (Å²) in [7, 11) is 0. The molecule has 3 aromatic rings. The van der Waals surface area contributed by atoms with E-state index in [0.717, 1.165) is 35.1 Å². The van der Waals surface area contributed by atoms with Gasteiger partial charge in [-0.2, -0.15) is 0 Å². The van der Waals surface area contributed by atoms with Gasteiger partial charge < -0.3 is 20.4 Å². The maximum absolute atomic E-state index is 14.4. The van der Waals surface area contributed by atoms with E-state index in [2.05, 4.69) is 9.97 Å². The van der Waals surface area contributed by atoms with Crippen molar-refractivity contribution in [1.29, 1.82) is 0 Å². The maximum Gasteiger partial charge on any atom is 0.410 e. The summed E-state index contributed by atoms with van der Waals surface area (Å²) >= 11 is 0. The molecule has 0 atom stereocenters. The van der Waals surface area contributed by atoms with Gasteiger partial charge in [-0.15, -0.1) is 0 Å². The number of amides is 1. The van der Waals surface area contributed by atoms with Crippen molar-refractivity contribution in [3.05, 3.63) is 48.0 Å².